The summed E-state index contributed by atoms with van der Waals surface area (Å²) in [5.41, 5.74) is 7.43. The normalized spacial score (nSPS) is 38.8. The summed E-state index contributed by atoms with van der Waals surface area (Å²) in [6.45, 7) is 26.6. The first-order valence-electron chi connectivity index (χ1n) is 21.2. The Labute approximate surface area is 345 Å². The Morgan fingerprint density at radius 3 is 2.26 bits per heavy atom. The number of hydrogen-bond donors (Lipinski definition) is 5. The molecule has 2 aromatic heterocycles. The summed E-state index contributed by atoms with van der Waals surface area (Å²) in [6, 6.07) is 3.89. The molecule has 1 aliphatic heterocycles. The molecule has 4 aliphatic carbocycles. The van der Waals surface area contributed by atoms with Crippen molar-refractivity contribution in [3.8, 4) is 11.4 Å². The standard InChI is InChI=1S/C44H67N5O4.H3O4P/c1-27(2)28(3)39(7)18-19-41(9)30-12-13-33-40(8)23-52-25-44(33,31(30)14-17-42(41,10)34(39)37(50)51)22-32(35(40)53-24-43(11,45)38(4,5)6)49-36(47-26-48-49)29-15-20-46-21-16-29;1-5(2,3)4/h14-16,20-21,26-28,30,32-35H,12-13,17-19,22-25,45H2,1-11H3,(H,50,51);(H3,1,2,3,4)/t28-,30+,32-,33+,34-,35+,39-,40?,41-,42+,43+,44+;/m1./s1. The van der Waals surface area contributed by atoms with Gasteiger partial charge in [-0.25, -0.2) is 14.2 Å². The van der Waals surface area contributed by atoms with Crippen molar-refractivity contribution in [2.24, 2.45) is 67.8 Å². The second kappa shape index (κ2) is 15.1. The van der Waals surface area contributed by atoms with Gasteiger partial charge in [0, 0.05) is 34.3 Å². The molecule has 0 aromatic carbocycles. The maximum Gasteiger partial charge on any atom is 0.466 e. The predicted molar refractivity (Wildman–Crippen MR) is 222 cm³/mol. The minimum absolute atomic E-state index is 0.115. The zero-order valence-corrected chi connectivity index (χ0v) is 37.5. The van der Waals surface area contributed by atoms with Crippen molar-refractivity contribution in [2.45, 2.75) is 132 Å². The fourth-order valence-electron chi connectivity index (χ4n) is 12.8. The lowest BCUT2D eigenvalue weighted by atomic mass is 9.34. The van der Waals surface area contributed by atoms with Crippen LogP contribution in [0.3, 0.4) is 0 Å². The summed E-state index contributed by atoms with van der Waals surface area (Å²) in [5.74, 6) is 1.12. The van der Waals surface area contributed by atoms with Gasteiger partial charge < -0.3 is 35.0 Å². The maximum atomic E-state index is 13.6. The zero-order chi connectivity index (χ0) is 43.1. The van der Waals surface area contributed by atoms with Gasteiger partial charge in [-0.15, -0.1) is 0 Å². The van der Waals surface area contributed by atoms with Crippen molar-refractivity contribution in [1.82, 2.24) is 19.7 Å². The van der Waals surface area contributed by atoms with E-state index in [1.165, 1.54) is 5.57 Å². The van der Waals surface area contributed by atoms with E-state index in [1.807, 2.05) is 24.5 Å². The Balaban J connectivity index is 0.00000107. The minimum Gasteiger partial charge on any atom is -0.481 e. The molecular weight excluding hydrogens is 757 g/mol. The minimum atomic E-state index is -4.64. The van der Waals surface area contributed by atoms with Crippen LogP contribution in [0, 0.1) is 62.1 Å². The summed E-state index contributed by atoms with van der Waals surface area (Å²) >= 11 is 0. The topological polar surface area (TPSA) is 203 Å². The first kappa shape index (κ1) is 45.0. The summed E-state index contributed by atoms with van der Waals surface area (Å²) in [7, 11) is -4.64. The SMILES string of the molecule is CC(C)[C@@H](C)[C@@]1(C)CC[C@]2(C)[C@H]3CC[C@H]4C5(C)COC[C@@]4(C[C@@H](n4ncnc4-c4ccncc4)[C@@H]5OC[C@](C)(N)C(C)(C)C)C3=CC[C@@]2(C)[C@@H]1C(=O)O.O=P(O)(O)O. The van der Waals surface area contributed by atoms with Crippen molar-refractivity contribution in [3.63, 3.8) is 0 Å². The maximum absolute atomic E-state index is 13.6. The predicted octanol–water partition coefficient (Wildman–Crippen LogP) is 7.69. The van der Waals surface area contributed by atoms with Crippen LogP contribution in [-0.4, -0.2) is 77.0 Å². The second-order valence-corrected chi connectivity index (χ2v) is 22.3. The Hall–Kier alpha value is -2.51. The highest BCUT2D eigenvalue weighted by molar-refractivity contribution is 7.45. The average molecular weight is 828 g/mol. The number of allylic oxidation sites excluding steroid dienone is 1. The smallest absolute Gasteiger partial charge is 0.466 e. The van der Waals surface area contributed by atoms with Crippen LogP contribution in [0.4, 0.5) is 0 Å². The number of carboxylic acid groups (broad SMARTS) is 1. The number of nitrogens with two attached hydrogens (primary N) is 1. The van der Waals surface area contributed by atoms with Gasteiger partial charge in [0.1, 0.15) is 6.33 Å². The van der Waals surface area contributed by atoms with Crippen molar-refractivity contribution in [2.75, 3.05) is 19.8 Å². The fraction of sp³-hybridized carbons (Fsp3) is 0.773. The molecule has 0 spiro atoms. The van der Waals surface area contributed by atoms with E-state index < -0.39 is 25.2 Å². The molecule has 2 bridgehead atoms. The van der Waals surface area contributed by atoms with Crippen LogP contribution in [0.15, 0.2) is 42.5 Å². The number of aromatic nitrogens is 4. The Bertz CT molecular complexity index is 1900. The van der Waals surface area contributed by atoms with Crippen LogP contribution < -0.4 is 5.73 Å². The quantitative estimate of drug-likeness (QED) is 0.128. The Morgan fingerprint density at radius 2 is 1.67 bits per heavy atom. The lowest BCUT2D eigenvalue weighted by molar-refractivity contribution is -0.253. The monoisotopic (exact) mass is 827 g/mol. The van der Waals surface area contributed by atoms with Gasteiger partial charge in [0.2, 0.25) is 0 Å². The lowest BCUT2D eigenvalue weighted by Gasteiger charge is -2.71. The molecule has 5 aliphatic rings. The van der Waals surface area contributed by atoms with Gasteiger partial charge in [-0.3, -0.25) is 9.78 Å². The Kier molecular flexibility index (Phi) is 11.8. The highest BCUT2D eigenvalue weighted by Crippen LogP contribution is 2.75. The van der Waals surface area contributed by atoms with Crippen LogP contribution in [0.2, 0.25) is 0 Å². The van der Waals surface area contributed by atoms with E-state index in [-0.39, 0.29) is 50.6 Å². The third-order valence-electron chi connectivity index (χ3n) is 17.2. The molecule has 3 saturated carbocycles. The van der Waals surface area contributed by atoms with Gasteiger partial charge in [-0.1, -0.05) is 80.9 Å². The highest BCUT2D eigenvalue weighted by atomic mass is 31.2. The number of nitrogens with zero attached hydrogens (tertiary/aromatic N) is 4. The zero-order valence-electron chi connectivity index (χ0n) is 36.6. The molecule has 1 saturated heterocycles. The number of rotatable bonds is 8. The van der Waals surface area contributed by atoms with Gasteiger partial charge in [0.15, 0.2) is 5.82 Å². The Morgan fingerprint density at radius 1 is 1.03 bits per heavy atom. The van der Waals surface area contributed by atoms with E-state index in [2.05, 4.69) is 91.9 Å². The van der Waals surface area contributed by atoms with E-state index in [0.29, 0.717) is 37.6 Å². The van der Waals surface area contributed by atoms with E-state index in [4.69, 9.17) is 44.5 Å². The summed E-state index contributed by atoms with van der Waals surface area (Å²) < 4.78 is 25.0. The number of fused-ring (bicyclic) bond motifs is 3. The summed E-state index contributed by atoms with van der Waals surface area (Å²) in [4.78, 5) is 44.2. The number of ether oxygens (including phenoxy) is 2. The molecule has 7 rings (SSSR count). The van der Waals surface area contributed by atoms with Crippen LogP contribution in [-0.2, 0) is 18.8 Å². The van der Waals surface area contributed by atoms with E-state index >= 15 is 0 Å². The molecule has 4 fully saturated rings. The van der Waals surface area contributed by atoms with Gasteiger partial charge in [0.25, 0.3) is 0 Å². The fourth-order valence-corrected chi connectivity index (χ4v) is 12.8. The molecule has 324 valence electrons. The van der Waals surface area contributed by atoms with E-state index in [1.54, 1.807) is 6.33 Å². The van der Waals surface area contributed by atoms with E-state index in [0.717, 1.165) is 49.9 Å². The third-order valence-corrected chi connectivity index (χ3v) is 17.2. The average Bonchev–Trinajstić information content (AvgIpc) is 3.60. The van der Waals surface area contributed by atoms with Crippen molar-refractivity contribution in [3.05, 3.63) is 42.5 Å². The summed E-state index contributed by atoms with van der Waals surface area (Å²) in [5, 5.41) is 16.1. The first-order chi connectivity index (χ1) is 26.7. The van der Waals surface area contributed by atoms with E-state index in [9.17, 15) is 9.90 Å². The lowest BCUT2D eigenvalue weighted by Crippen LogP contribution is -2.69. The number of hydrogen-bond acceptors (Lipinski definition) is 8. The van der Waals surface area contributed by atoms with Crippen LogP contribution in [0.1, 0.15) is 121 Å². The molecule has 14 heteroatoms. The molecular formula is C44H70N5O8P. The molecule has 13 nitrogen and oxygen atoms in total. The molecule has 0 radical (unpaired) electrons. The number of carboxylic acids is 1. The number of phosphoric acid groups is 1. The van der Waals surface area contributed by atoms with Crippen LogP contribution >= 0.6 is 7.82 Å². The van der Waals surface area contributed by atoms with Gasteiger partial charge in [-0.2, -0.15) is 5.10 Å². The first-order valence-corrected chi connectivity index (χ1v) is 22.7. The molecule has 6 N–H and O–H groups in total. The summed E-state index contributed by atoms with van der Waals surface area (Å²) in [6.07, 6.45) is 13.3. The van der Waals surface area contributed by atoms with Crippen molar-refractivity contribution < 1.29 is 38.6 Å². The second-order valence-electron chi connectivity index (χ2n) is 21.3. The molecule has 2 aromatic rings. The molecule has 3 heterocycles. The number of carbonyl (C=O) groups is 1. The highest BCUT2D eigenvalue weighted by Gasteiger charge is 2.72. The third kappa shape index (κ3) is 7.26. The van der Waals surface area contributed by atoms with Crippen LogP contribution in [0.25, 0.3) is 11.4 Å². The van der Waals surface area contributed by atoms with Crippen molar-refractivity contribution >= 4 is 13.8 Å². The number of pyridine rings is 1. The molecule has 58 heavy (non-hydrogen) atoms. The largest absolute Gasteiger partial charge is 0.481 e. The van der Waals surface area contributed by atoms with Crippen LogP contribution in [0.5, 0.6) is 0 Å². The molecule has 12 atom stereocenters. The van der Waals surface area contributed by atoms with Gasteiger partial charge in [0.05, 0.1) is 37.9 Å². The number of aliphatic carboxylic acids is 1. The van der Waals surface area contributed by atoms with Gasteiger partial charge in [-0.05, 0) is 103 Å². The van der Waals surface area contributed by atoms with Crippen molar-refractivity contribution in [1.29, 1.82) is 0 Å². The molecule has 1 unspecified atom stereocenters. The molecule has 0 amide bonds. The van der Waals surface area contributed by atoms with Gasteiger partial charge >= 0.3 is 13.8 Å².